The summed E-state index contributed by atoms with van der Waals surface area (Å²) in [6.45, 7) is 0. The molecule has 0 fully saturated rings. The Labute approximate surface area is 287 Å². The predicted molar refractivity (Wildman–Crippen MR) is 210 cm³/mol. The van der Waals surface area contributed by atoms with Crippen LogP contribution >= 0.6 is 0 Å². The lowest BCUT2D eigenvalue weighted by Crippen LogP contribution is -2.11. The second kappa shape index (κ2) is 12.3. The molecule has 230 valence electrons. The molecule has 1 heteroatoms. The van der Waals surface area contributed by atoms with Crippen molar-refractivity contribution in [3.8, 4) is 33.4 Å². The Morgan fingerprint density at radius 2 is 0.755 bits per heavy atom. The first-order valence-electron chi connectivity index (χ1n) is 16.9. The van der Waals surface area contributed by atoms with Crippen LogP contribution in [0.15, 0.2) is 200 Å². The third-order valence-corrected chi connectivity index (χ3v) is 9.66. The van der Waals surface area contributed by atoms with Crippen molar-refractivity contribution in [2.75, 3.05) is 4.90 Å². The summed E-state index contributed by atoms with van der Waals surface area (Å²) in [6, 6.07) is 72.5. The summed E-state index contributed by atoms with van der Waals surface area (Å²) >= 11 is 0. The van der Waals surface area contributed by atoms with E-state index in [4.69, 9.17) is 0 Å². The van der Waals surface area contributed by atoms with Gasteiger partial charge in [0.2, 0.25) is 0 Å². The molecule has 0 atom stereocenters. The van der Waals surface area contributed by atoms with Crippen LogP contribution in [0.1, 0.15) is 0 Å². The van der Waals surface area contributed by atoms with Gasteiger partial charge in [0.05, 0.1) is 11.4 Å². The van der Waals surface area contributed by atoms with E-state index in [9.17, 15) is 0 Å². The number of hydrogen-bond acceptors (Lipinski definition) is 1. The number of rotatable bonds is 6. The van der Waals surface area contributed by atoms with E-state index in [2.05, 4.69) is 205 Å². The highest BCUT2D eigenvalue weighted by molar-refractivity contribution is 6.10. The highest BCUT2D eigenvalue weighted by Crippen LogP contribution is 2.46. The number of hydrogen-bond donors (Lipinski definition) is 0. The standard InChI is InChI=1S/C48H33N/c1-2-14-36(15-3-1)43-26-11-20-38-21-12-27-45(48(38)43)44-24-8-9-28-47(44)49(46-29-13-19-35-17-5-7-23-42(35)46)39-32-30-37(31-33-39)41-25-10-18-34-16-4-6-22-40(34)41/h1-33H. The van der Waals surface area contributed by atoms with Gasteiger partial charge in [0.15, 0.2) is 0 Å². The molecule has 0 aliphatic rings. The summed E-state index contributed by atoms with van der Waals surface area (Å²) in [4.78, 5) is 2.44. The van der Waals surface area contributed by atoms with Gasteiger partial charge in [-0.1, -0.05) is 176 Å². The molecule has 0 aliphatic carbocycles. The zero-order chi connectivity index (χ0) is 32.6. The van der Waals surface area contributed by atoms with Gasteiger partial charge in [-0.05, 0) is 79.0 Å². The molecule has 0 heterocycles. The summed E-state index contributed by atoms with van der Waals surface area (Å²) < 4.78 is 0. The zero-order valence-corrected chi connectivity index (χ0v) is 27.0. The molecular weight excluding hydrogens is 591 g/mol. The van der Waals surface area contributed by atoms with Crippen molar-refractivity contribution in [2.24, 2.45) is 0 Å². The number of benzene rings is 9. The van der Waals surface area contributed by atoms with E-state index in [-0.39, 0.29) is 0 Å². The van der Waals surface area contributed by atoms with Crippen LogP contribution in [0.3, 0.4) is 0 Å². The molecular formula is C48H33N. The summed E-state index contributed by atoms with van der Waals surface area (Å²) in [5, 5.41) is 7.42. The number of fused-ring (bicyclic) bond motifs is 3. The van der Waals surface area contributed by atoms with Crippen LogP contribution in [0, 0.1) is 0 Å². The minimum Gasteiger partial charge on any atom is -0.309 e. The molecule has 9 aromatic rings. The Hall–Kier alpha value is -6.44. The maximum Gasteiger partial charge on any atom is 0.0540 e. The zero-order valence-electron chi connectivity index (χ0n) is 27.0. The lowest BCUT2D eigenvalue weighted by molar-refractivity contribution is 1.30. The third kappa shape index (κ3) is 5.13. The molecule has 0 amide bonds. The molecule has 0 saturated carbocycles. The average Bonchev–Trinajstić information content (AvgIpc) is 3.18. The number of anilines is 3. The summed E-state index contributed by atoms with van der Waals surface area (Å²) in [5.41, 5.74) is 10.7. The fraction of sp³-hybridized carbons (Fsp3) is 0. The van der Waals surface area contributed by atoms with Crippen LogP contribution in [-0.4, -0.2) is 0 Å². The maximum atomic E-state index is 2.44. The van der Waals surface area contributed by atoms with E-state index < -0.39 is 0 Å². The molecule has 9 aromatic carbocycles. The molecule has 0 aromatic heterocycles. The van der Waals surface area contributed by atoms with Crippen LogP contribution in [0.5, 0.6) is 0 Å². The Kier molecular flexibility index (Phi) is 7.22. The van der Waals surface area contributed by atoms with Crippen LogP contribution in [0.2, 0.25) is 0 Å². The molecule has 1 nitrogen and oxygen atoms in total. The second-order valence-corrected chi connectivity index (χ2v) is 12.5. The van der Waals surface area contributed by atoms with Gasteiger partial charge < -0.3 is 4.90 Å². The number of nitrogens with zero attached hydrogens (tertiary/aromatic N) is 1. The SMILES string of the molecule is c1ccc(-c2cccc3cccc(-c4ccccc4N(c4ccc(-c5cccc6ccccc56)cc4)c4cccc5ccccc45)c23)cc1. The molecule has 0 saturated heterocycles. The van der Waals surface area contributed by atoms with Gasteiger partial charge in [0, 0.05) is 16.6 Å². The van der Waals surface area contributed by atoms with E-state index in [1.807, 2.05) is 0 Å². The lowest BCUT2D eigenvalue weighted by Gasteiger charge is -2.29. The molecule has 0 N–H and O–H groups in total. The predicted octanol–water partition coefficient (Wildman–Crippen LogP) is 13.6. The Balaban J connectivity index is 1.28. The van der Waals surface area contributed by atoms with Crippen molar-refractivity contribution < 1.29 is 0 Å². The van der Waals surface area contributed by atoms with E-state index in [1.54, 1.807) is 0 Å². The first-order valence-corrected chi connectivity index (χ1v) is 16.9. The van der Waals surface area contributed by atoms with Crippen LogP contribution in [0.25, 0.3) is 65.7 Å². The molecule has 0 spiro atoms. The first-order chi connectivity index (χ1) is 24.3. The maximum absolute atomic E-state index is 2.44. The van der Waals surface area contributed by atoms with E-state index in [0.29, 0.717) is 0 Å². The largest absolute Gasteiger partial charge is 0.309 e. The second-order valence-electron chi connectivity index (χ2n) is 12.5. The molecule has 49 heavy (non-hydrogen) atoms. The van der Waals surface area contributed by atoms with Crippen LogP contribution < -0.4 is 4.90 Å². The average molecular weight is 624 g/mol. The van der Waals surface area contributed by atoms with Crippen molar-refractivity contribution >= 4 is 49.4 Å². The quantitative estimate of drug-likeness (QED) is 0.178. The Morgan fingerprint density at radius 1 is 0.265 bits per heavy atom. The van der Waals surface area contributed by atoms with E-state index in [0.717, 1.165) is 17.1 Å². The molecule has 0 unspecified atom stereocenters. The lowest BCUT2D eigenvalue weighted by atomic mass is 9.90. The van der Waals surface area contributed by atoms with Gasteiger partial charge in [0.25, 0.3) is 0 Å². The first kappa shape index (κ1) is 28.8. The Bertz CT molecular complexity index is 2580. The van der Waals surface area contributed by atoms with Gasteiger partial charge in [0.1, 0.15) is 0 Å². The van der Waals surface area contributed by atoms with Crippen molar-refractivity contribution in [1.29, 1.82) is 0 Å². The van der Waals surface area contributed by atoms with Crippen molar-refractivity contribution in [3.05, 3.63) is 200 Å². The van der Waals surface area contributed by atoms with Gasteiger partial charge in [-0.25, -0.2) is 0 Å². The normalized spacial score (nSPS) is 11.3. The van der Waals surface area contributed by atoms with Gasteiger partial charge in [-0.2, -0.15) is 0 Å². The van der Waals surface area contributed by atoms with Crippen molar-refractivity contribution in [1.82, 2.24) is 0 Å². The van der Waals surface area contributed by atoms with Crippen molar-refractivity contribution in [2.45, 2.75) is 0 Å². The van der Waals surface area contributed by atoms with Crippen LogP contribution in [0.4, 0.5) is 17.1 Å². The van der Waals surface area contributed by atoms with Crippen molar-refractivity contribution in [3.63, 3.8) is 0 Å². The summed E-state index contributed by atoms with van der Waals surface area (Å²) in [7, 11) is 0. The molecule has 0 radical (unpaired) electrons. The smallest absolute Gasteiger partial charge is 0.0540 e. The summed E-state index contributed by atoms with van der Waals surface area (Å²) in [5.74, 6) is 0. The van der Waals surface area contributed by atoms with E-state index >= 15 is 0 Å². The highest BCUT2D eigenvalue weighted by atomic mass is 15.1. The topological polar surface area (TPSA) is 3.24 Å². The van der Waals surface area contributed by atoms with Gasteiger partial charge >= 0.3 is 0 Å². The molecule has 0 bridgehead atoms. The molecule has 0 aliphatic heterocycles. The minimum atomic E-state index is 1.11. The highest BCUT2D eigenvalue weighted by Gasteiger charge is 2.21. The van der Waals surface area contributed by atoms with E-state index in [1.165, 1.54) is 65.7 Å². The number of para-hydroxylation sites is 1. The van der Waals surface area contributed by atoms with Gasteiger partial charge in [-0.15, -0.1) is 0 Å². The fourth-order valence-corrected chi connectivity index (χ4v) is 7.40. The minimum absolute atomic E-state index is 1.11. The Morgan fingerprint density at radius 3 is 1.53 bits per heavy atom. The summed E-state index contributed by atoms with van der Waals surface area (Å²) in [6.07, 6.45) is 0. The monoisotopic (exact) mass is 623 g/mol. The molecule has 9 rings (SSSR count). The van der Waals surface area contributed by atoms with Gasteiger partial charge in [-0.3, -0.25) is 0 Å². The van der Waals surface area contributed by atoms with Crippen LogP contribution in [-0.2, 0) is 0 Å². The fourth-order valence-electron chi connectivity index (χ4n) is 7.40. The third-order valence-electron chi connectivity index (χ3n) is 9.66.